The van der Waals surface area contributed by atoms with Crippen molar-refractivity contribution in [3.05, 3.63) is 66.2 Å². The molecule has 2 heteroatoms. The van der Waals surface area contributed by atoms with Gasteiger partial charge in [-0.1, -0.05) is 92.0 Å². The van der Waals surface area contributed by atoms with Gasteiger partial charge in [-0.2, -0.15) is 0 Å². The fourth-order valence-corrected chi connectivity index (χ4v) is 4.29. The summed E-state index contributed by atoms with van der Waals surface area (Å²) in [4.78, 5) is 0. The molecule has 1 unspecified atom stereocenters. The van der Waals surface area contributed by atoms with Gasteiger partial charge in [0.25, 0.3) is 0 Å². The van der Waals surface area contributed by atoms with E-state index in [0.29, 0.717) is 5.73 Å². The largest absolute Gasteiger partial charge is 0.377 e. The van der Waals surface area contributed by atoms with Crippen LogP contribution in [0.5, 0.6) is 0 Å². The molecule has 21 heavy (non-hydrogen) atoms. The van der Waals surface area contributed by atoms with Gasteiger partial charge in [-0.3, -0.25) is 0 Å². The van der Waals surface area contributed by atoms with Crippen LogP contribution in [-0.2, 0) is 4.74 Å². The summed E-state index contributed by atoms with van der Waals surface area (Å²) in [6.07, 6.45) is 5.06. The molecule has 0 aliphatic carbocycles. The molecule has 2 rings (SSSR count). The smallest absolute Gasteiger partial charge is 0.0943 e. The Morgan fingerprint density at radius 3 is 2.19 bits per heavy atom. The molecule has 0 spiro atoms. The standard InChI is InChI=1S/C19H26OSi/c1-2-3-4-11-16-20-19(17-12-7-5-8-13-17)21-18-14-9-6-10-15-18/h5-10,12-15,19H,2-4,11,16,21H2,1H3. The maximum atomic E-state index is 6.24. The van der Waals surface area contributed by atoms with Crippen LogP contribution in [0, 0.1) is 0 Å². The van der Waals surface area contributed by atoms with Crippen LogP contribution in [0.2, 0.25) is 0 Å². The summed E-state index contributed by atoms with van der Waals surface area (Å²) in [5, 5.41) is 1.47. The lowest BCUT2D eigenvalue weighted by molar-refractivity contribution is 0.102. The highest BCUT2D eigenvalue weighted by Crippen LogP contribution is 2.16. The van der Waals surface area contributed by atoms with Gasteiger partial charge in [-0.15, -0.1) is 0 Å². The second-order valence-corrected chi connectivity index (χ2v) is 7.49. The van der Waals surface area contributed by atoms with Gasteiger partial charge in [0.15, 0.2) is 0 Å². The molecule has 0 saturated heterocycles. The number of ether oxygens (including phenoxy) is 1. The van der Waals surface area contributed by atoms with Crippen molar-refractivity contribution in [2.24, 2.45) is 0 Å². The molecule has 0 fully saturated rings. The summed E-state index contributed by atoms with van der Waals surface area (Å²) in [6, 6.07) is 21.5. The van der Waals surface area contributed by atoms with Crippen molar-refractivity contribution in [1.29, 1.82) is 0 Å². The molecule has 0 bridgehead atoms. The molecular weight excluding hydrogens is 272 g/mol. The molecule has 0 heterocycles. The number of hydrogen-bond donors (Lipinski definition) is 0. The lowest BCUT2D eigenvalue weighted by Crippen LogP contribution is -2.24. The zero-order valence-electron chi connectivity index (χ0n) is 13.0. The van der Waals surface area contributed by atoms with Crippen LogP contribution in [0.3, 0.4) is 0 Å². The van der Waals surface area contributed by atoms with Gasteiger partial charge in [0, 0.05) is 6.61 Å². The first-order chi connectivity index (χ1) is 10.4. The van der Waals surface area contributed by atoms with Crippen LogP contribution in [0.4, 0.5) is 0 Å². The van der Waals surface area contributed by atoms with E-state index in [-0.39, 0.29) is 0 Å². The average molecular weight is 299 g/mol. The van der Waals surface area contributed by atoms with Crippen molar-refractivity contribution in [2.75, 3.05) is 6.61 Å². The van der Waals surface area contributed by atoms with Crippen molar-refractivity contribution in [2.45, 2.75) is 38.3 Å². The monoisotopic (exact) mass is 298 g/mol. The molecule has 0 aliphatic rings. The van der Waals surface area contributed by atoms with E-state index in [1.165, 1.54) is 36.4 Å². The Morgan fingerprint density at radius 1 is 0.857 bits per heavy atom. The molecule has 0 N–H and O–H groups in total. The second-order valence-electron chi connectivity index (χ2n) is 5.52. The Labute approximate surface area is 131 Å². The van der Waals surface area contributed by atoms with E-state index in [9.17, 15) is 0 Å². The van der Waals surface area contributed by atoms with E-state index in [4.69, 9.17) is 4.74 Å². The first-order valence-electron chi connectivity index (χ1n) is 8.10. The number of rotatable bonds is 9. The van der Waals surface area contributed by atoms with Crippen molar-refractivity contribution in [3.63, 3.8) is 0 Å². The molecule has 112 valence electrons. The number of unbranched alkanes of at least 4 members (excludes halogenated alkanes) is 3. The average Bonchev–Trinajstić information content (AvgIpc) is 2.55. The minimum Gasteiger partial charge on any atom is -0.377 e. The number of benzene rings is 2. The zero-order valence-corrected chi connectivity index (χ0v) is 14.4. The van der Waals surface area contributed by atoms with E-state index < -0.39 is 9.52 Å². The molecule has 0 saturated carbocycles. The topological polar surface area (TPSA) is 9.23 Å². The van der Waals surface area contributed by atoms with Crippen LogP contribution in [0.15, 0.2) is 60.7 Å². The maximum Gasteiger partial charge on any atom is 0.0943 e. The first-order valence-corrected chi connectivity index (χ1v) is 9.63. The number of hydrogen-bond acceptors (Lipinski definition) is 1. The highest BCUT2D eigenvalue weighted by atomic mass is 28.2. The zero-order chi connectivity index (χ0) is 14.8. The second kappa shape index (κ2) is 9.53. The maximum absolute atomic E-state index is 6.24. The Kier molecular flexibility index (Phi) is 7.26. The highest BCUT2D eigenvalue weighted by Gasteiger charge is 2.13. The fraction of sp³-hybridized carbons (Fsp3) is 0.368. The van der Waals surface area contributed by atoms with E-state index in [0.717, 1.165) is 6.61 Å². The van der Waals surface area contributed by atoms with Crippen LogP contribution >= 0.6 is 0 Å². The summed E-state index contributed by atoms with van der Waals surface area (Å²) in [5.41, 5.74) is 1.64. The quantitative estimate of drug-likeness (QED) is 0.506. The lowest BCUT2D eigenvalue weighted by atomic mass is 10.2. The van der Waals surface area contributed by atoms with Crippen molar-refractivity contribution >= 4 is 14.7 Å². The van der Waals surface area contributed by atoms with E-state index >= 15 is 0 Å². The molecule has 1 atom stereocenters. The highest BCUT2D eigenvalue weighted by molar-refractivity contribution is 6.54. The molecular formula is C19H26OSi. The van der Waals surface area contributed by atoms with Crippen molar-refractivity contribution in [3.8, 4) is 0 Å². The van der Waals surface area contributed by atoms with E-state index in [1.807, 2.05) is 0 Å². The minimum absolute atomic E-state index is 0.301. The van der Waals surface area contributed by atoms with Gasteiger partial charge >= 0.3 is 0 Å². The van der Waals surface area contributed by atoms with Gasteiger partial charge in [0.2, 0.25) is 0 Å². The SMILES string of the molecule is CCCCCCOC([SiH2]c1ccccc1)c1ccccc1. The molecule has 0 amide bonds. The Balaban J connectivity index is 1.94. The molecule has 2 aromatic rings. The lowest BCUT2D eigenvalue weighted by Gasteiger charge is -2.18. The van der Waals surface area contributed by atoms with Gasteiger partial charge in [-0.05, 0) is 12.0 Å². The molecule has 0 aliphatic heterocycles. The summed E-state index contributed by atoms with van der Waals surface area (Å²) >= 11 is 0. The minimum atomic E-state index is -0.457. The Bertz CT molecular complexity index is 483. The predicted molar refractivity (Wildman–Crippen MR) is 93.9 cm³/mol. The Hall–Kier alpha value is -1.38. The van der Waals surface area contributed by atoms with Crippen LogP contribution in [0.1, 0.15) is 43.9 Å². The van der Waals surface area contributed by atoms with Crippen molar-refractivity contribution in [1.82, 2.24) is 0 Å². The molecule has 1 nitrogen and oxygen atoms in total. The van der Waals surface area contributed by atoms with Crippen LogP contribution in [0.25, 0.3) is 0 Å². The van der Waals surface area contributed by atoms with Crippen LogP contribution in [-0.4, -0.2) is 16.1 Å². The fourth-order valence-electron chi connectivity index (χ4n) is 2.52. The third-order valence-corrected chi connectivity index (χ3v) is 5.77. The van der Waals surface area contributed by atoms with Crippen molar-refractivity contribution < 1.29 is 4.74 Å². The summed E-state index contributed by atoms with van der Waals surface area (Å²) in [6.45, 7) is 3.13. The normalized spacial score (nSPS) is 12.8. The third-order valence-electron chi connectivity index (χ3n) is 3.75. The predicted octanol–water partition coefficient (Wildman–Crippen LogP) is 3.78. The molecule has 0 aromatic heterocycles. The van der Waals surface area contributed by atoms with E-state index in [2.05, 4.69) is 67.6 Å². The van der Waals surface area contributed by atoms with Gasteiger partial charge in [-0.25, -0.2) is 0 Å². The van der Waals surface area contributed by atoms with Gasteiger partial charge < -0.3 is 4.74 Å². The molecule has 0 radical (unpaired) electrons. The molecule has 2 aromatic carbocycles. The summed E-state index contributed by atoms with van der Waals surface area (Å²) in [5.74, 6) is 0. The summed E-state index contributed by atoms with van der Waals surface area (Å²) < 4.78 is 6.24. The Morgan fingerprint density at radius 2 is 1.52 bits per heavy atom. The summed E-state index contributed by atoms with van der Waals surface area (Å²) in [7, 11) is -0.457. The third kappa shape index (κ3) is 5.86. The first kappa shape index (κ1) is 16.0. The van der Waals surface area contributed by atoms with Crippen LogP contribution < -0.4 is 5.19 Å². The van der Waals surface area contributed by atoms with E-state index in [1.54, 1.807) is 0 Å². The van der Waals surface area contributed by atoms with Gasteiger partial charge in [0.1, 0.15) is 0 Å². The van der Waals surface area contributed by atoms with Gasteiger partial charge in [0.05, 0.1) is 15.2 Å².